The van der Waals surface area contributed by atoms with Crippen molar-refractivity contribution in [3.63, 3.8) is 0 Å². The number of benzene rings is 1. The van der Waals surface area contributed by atoms with Crippen molar-refractivity contribution in [3.8, 4) is 0 Å². The maximum atomic E-state index is 11.2. The molecule has 0 atom stereocenters. The molecular formula is C17H20N2O2. The second-order valence-corrected chi connectivity index (χ2v) is 5.34. The van der Waals surface area contributed by atoms with Gasteiger partial charge in [-0.2, -0.15) is 0 Å². The Kier molecular flexibility index (Phi) is 5.06. The molecule has 1 heterocycles. The third kappa shape index (κ3) is 4.13. The molecule has 0 aliphatic rings. The molecule has 0 unspecified atom stereocenters. The van der Waals surface area contributed by atoms with E-state index in [-0.39, 0.29) is 0 Å². The average Bonchev–Trinajstić information content (AvgIpc) is 2.46. The number of carboxylic acids is 1. The molecule has 0 aliphatic carbocycles. The van der Waals surface area contributed by atoms with Gasteiger partial charge in [0.15, 0.2) is 0 Å². The quantitative estimate of drug-likeness (QED) is 0.886. The molecule has 2 aromatic rings. The van der Waals surface area contributed by atoms with Crippen molar-refractivity contribution < 1.29 is 9.90 Å². The van der Waals surface area contributed by atoms with Crippen LogP contribution in [0, 0.1) is 0 Å². The van der Waals surface area contributed by atoms with Crippen molar-refractivity contribution in [1.29, 1.82) is 0 Å². The first-order valence-electron chi connectivity index (χ1n) is 6.95. The van der Waals surface area contributed by atoms with Gasteiger partial charge in [-0.15, -0.1) is 0 Å². The summed E-state index contributed by atoms with van der Waals surface area (Å²) in [5.74, 6) is -0.894. The van der Waals surface area contributed by atoms with Gasteiger partial charge in [-0.05, 0) is 49.7 Å². The third-order valence-corrected chi connectivity index (χ3v) is 3.40. The van der Waals surface area contributed by atoms with E-state index in [0.29, 0.717) is 12.0 Å². The van der Waals surface area contributed by atoms with Gasteiger partial charge in [-0.3, -0.25) is 4.98 Å². The summed E-state index contributed by atoms with van der Waals surface area (Å²) in [6.07, 6.45) is 4.67. The number of carbonyl (C=O) groups is 1. The van der Waals surface area contributed by atoms with Crippen LogP contribution in [0.2, 0.25) is 0 Å². The molecule has 1 aromatic heterocycles. The Bertz CT molecular complexity index is 624. The van der Waals surface area contributed by atoms with Crippen molar-refractivity contribution in [2.24, 2.45) is 0 Å². The van der Waals surface area contributed by atoms with Crippen molar-refractivity contribution in [3.05, 3.63) is 65.0 Å². The van der Waals surface area contributed by atoms with Crippen LogP contribution in [-0.4, -0.2) is 35.1 Å². The Balaban J connectivity index is 2.15. The average molecular weight is 284 g/mol. The molecule has 0 saturated heterocycles. The van der Waals surface area contributed by atoms with Crippen molar-refractivity contribution in [1.82, 2.24) is 9.88 Å². The highest BCUT2D eigenvalue weighted by atomic mass is 16.4. The maximum Gasteiger partial charge on any atom is 0.336 e. The van der Waals surface area contributed by atoms with E-state index >= 15 is 0 Å². The lowest BCUT2D eigenvalue weighted by Crippen LogP contribution is -2.13. The molecule has 0 amide bonds. The lowest BCUT2D eigenvalue weighted by atomic mass is 9.98. The molecule has 0 aliphatic heterocycles. The number of hydrogen-bond donors (Lipinski definition) is 1. The zero-order valence-electron chi connectivity index (χ0n) is 12.4. The summed E-state index contributed by atoms with van der Waals surface area (Å²) in [6.45, 7) is 0.884. The van der Waals surface area contributed by atoms with Gasteiger partial charge in [0.05, 0.1) is 5.56 Å². The smallest absolute Gasteiger partial charge is 0.336 e. The Morgan fingerprint density at radius 2 is 1.76 bits per heavy atom. The zero-order chi connectivity index (χ0) is 15.2. The summed E-state index contributed by atoms with van der Waals surface area (Å²) in [6, 6.07) is 9.85. The van der Waals surface area contributed by atoms with Gasteiger partial charge in [-0.25, -0.2) is 4.79 Å². The topological polar surface area (TPSA) is 53.4 Å². The molecule has 4 nitrogen and oxygen atoms in total. The molecule has 0 spiro atoms. The Morgan fingerprint density at radius 3 is 2.43 bits per heavy atom. The number of carboxylic acid groups (broad SMARTS) is 1. The molecular weight excluding hydrogens is 264 g/mol. The number of pyridine rings is 1. The van der Waals surface area contributed by atoms with Crippen LogP contribution in [0.25, 0.3) is 0 Å². The van der Waals surface area contributed by atoms with E-state index in [9.17, 15) is 9.90 Å². The van der Waals surface area contributed by atoms with Crippen LogP contribution in [0.4, 0.5) is 0 Å². The van der Waals surface area contributed by atoms with Crippen molar-refractivity contribution in [2.75, 3.05) is 14.1 Å². The molecule has 1 aromatic carbocycles. The number of aromatic carboxylic acids is 1. The van der Waals surface area contributed by atoms with E-state index in [1.807, 2.05) is 26.2 Å². The van der Waals surface area contributed by atoms with Crippen LogP contribution in [0.3, 0.4) is 0 Å². The van der Waals surface area contributed by atoms with Gasteiger partial charge in [0.1, 0.15) is 0 Å². The van der Waals surface area contributed by atoms with Crippen LogP contribution < -0.4 is 0 Å². The summed E-state index contributed by atoms with van der Waals surface area (Å²) in [4.78, 5) is 17.4. The van der Waals surface area contributed by atoms with E-state index in [2.05, 4.69) is 22.0 Å². The summed E-state index contributed by atoms with van der Waals surface area (Å²) in [5, 5.41) is 9.20. The first kappa shape index (κ1) is 15.2. The minimum absolute atomic E-state index is 0.343. The number of aromatic nitrogens is 1. The maximum absolute atomic E-state index is 11.2. The van der Waals surface area contributed by atoms with Gasteiger partial charge < -0.3 is 10.0 Å². The standard InChI is InChI=1S/C17H20N2O2/c1-19(2)12-15-6-4-3-5-13(15)7-8-14-11-18-10-9-16(14)17(20)21/h3-6,9-11H,7-8,12H2,1-2H3,(H,20,21). The summed E-state index contributed by atoms with van der Waals surface area (Å²) < 4.78 is 0. The second kappa shape index (κ2) is 6.99. The predicted molar refractivity (Wildman–Crippen MR) is 82.4 cm³/mol. The fourth-order valence-corrected chi connectivity index (χ4v) is 2.40. The summed E-state index contributed by atoms with van der Waals surface area (Å²) in [5.41, 5.74) is 3.66. The third-order valence-electron chi connectivity index (χ3n) is 3.40. The first-order chi connectivity index (χ1) is 10.1. The highest BCUT2D eigenvalue weighted by Crippen LogP contribution is 2.15. The van der Waals surface area contributed by atoms with Gasteiger partial charge in [0.2, 0.25) is 0 Å². The highest BCUT2D eigenvalue weighted by molar-refractivity contribution is 5.89. The van der Waals surface area contributed by atoms with Crippen LogP contribution in [-0.2, 0) is 19.4 Å². The highest BCUT2D eigenvalue weighted by Gasteiger charge is 2.10. The molecule has 4 heteroatoms. The predicted octanol–water partition coefficient (Wildman–Crippen LogP) is 2.63. The molecule has 0 fully saturated rings. The lowest BCUT2D eigenvalue weighted by molar-refractivity contribution is 0.0695. The lowest BCUT2D eigenvalue weighted by Gasteiger charge is -2.14. The molecule has 1 N–H and O–H groups in total. The van der Waals surface area contributed by atoms with Crippen LogP contribution in [0.1, 0.15) is 27.0 Å². The number of nitrogens with zero attached hydrogens (tertiary/aromatic N) is 2. The summed E-state index contributed by atoms with van der Waals surface area (Å²) >= 11 is 0. The first-order valence-corrected chi connectivity index (χ1v) is 6.95. The molecule has 21 heavy (non-hydrogen) atoms. The van der Waals surface area contributed by atoms with E-state index in [1.54, 1.807) is 12.3 Å². The van der Waals surface area contributed by atoms with Gasteiger partial charge >= 0.3 is 5.97 Å². The Labute approximate surface area is 125 Å². The van der Waals surface area contributed by atoms with Crippen molar-refractivity contribution in [2.45, 2.75) is 19.4 Å². The summed E-state index contributed by atoms with van der Waals surface area (Å²) in [7, 11) is 4.08. The van der Waals surface area contributed by atoms with E-state index in [4.69, 9.17) is 0 Å². The number of aryl methyl sites for hydroxylation is 2. The molecule has 2 rings (SSSR count). The van der Waals surface area contributed by atoms with E-state index in [1.165, 1.54) is 17.3 Å². The SMILES string of the molecule is CN(C)Cc1ccccc1CCc1cnccc1C(=O)O. The van der Waals surface area contributed by atoms with E-state index < -0.39 is 5.97 Å². The minimum atomic E-state index is -0.894. The number of rotatable bonds is 6. The second-order valence-electron chi connectivity index (χ2n) is 5.34. The van der Waals surface area contributed by atoms with E-state index in [0.717, 1.165) is 18.5 Å². The monoisotopic (exact) mass is 284 g/mol. The van der Waals surface area contributed by atoms with Gasteiger partial charge in [0, 0.05) is 18.9 Å². The number of hydrogen-bond acceptors (Lipinski definition) is 3. The van der Waals surface area contributed by atoms with Crippen LogP contribution in [0.5, 0.6) is 0 Å². The molecule has 0 bridgehead atoms. The van der Waals surface area contributed by atoms with Gasteiger partial charge in [0.25, 0.3) is 0 Å². The molecule has 0 saturated carbocycles. The fourth-order valence-electron chi connectivity index (χ4n) is 2.40. The van der Waals surface area contributed by atoms with Gasteiger partial charge in [-0.1, -0.05) is 24.3 Å². The Morgan fingerprint density at radius 1 is 1.10 bits per heavy atom. The van der Waals surface area contributed by atoms with Crippen molar-refractivity contribution >= 4 is 5.97 Å². The Hall–Kier alpha value is -2.20. The normalized spacial score (nSPS) is 10.8. The van der Waals surface area contributed by atoms with Crippen LogP contribution >= 0.6 is 0 Å². The fraction of sp³-hybridized carbons (Fsp3) is 0.294. The molecule has 0 radical (unpaired) electrons. The largest absolute Gasteiger partial charge is 0.478 e. The molecule has 110 valence electrons. The zero-order valence-corrected chi connectivity index (χ0v) is 12.4. The minimum Gasteiger partial charge on any atom is -0.478 e. The van der Waals surface area contributed by atoms with Crippen LogP contribution in [0.15, 0.2) is 42.7 Å².